The molecule has 8 nitrogen and oxygen atoms in total. The van der Waals surface area contributed by atoms with Crippen LogP contribution in [0.1, 0.15) is 51.4 Å². The molecular formula is C32H34N4O4. The van der Waals surface area contributed by atoms with Crippen molar-refractivity contribution in [3.05, 3.63) is 76.5 Å². The largest absolute Gasteiger partial charge is 0.489 e. The van der Waals surface area contributed by atoms with Crippen LogP contribution in [0.4, 0.5) is 5.82 Å². The van der Waals surface area contributed by atoms with Crippen molar-refractivity contribution in [2.75, 3.05) is 38.5 Å². The van der Waals surface area contributed by atoms with Gasteiger partial charge in [0.1, 0.15) is 29.2 Å². The highest BCUT2D eigenvalue weighted by Crippen LogP contribution is 2.60. The molecule has 0 unspecified atom stereocenters. The maximum atomic E-state index is 13.3. The standard InChI is InChI=1S/C32H34N4O4/c1-19-15-20(3-4-21(19)18-36-13-11-35(2)12-14-36)26(37)17-25-30-24-16-22(5-7-27(24)40-31(25)30)39-28-9-10-33-32-23(28)6-8-29(38)34-32/h3-5,7,9-10,15-16,25,30-31H,6,8,11-14,17-18H2,1-2H3,(H,33,34,38)/t25-,30-,31+/m0/s1. The topological polar surface area (TPSA) is 84.0 Å². The third-order valence-electron chi connectivity index (χ3n) is 8.88. The smallest absolute Gasteiger partial charge is 0.225 e. The molecule has 40 heavy (non-hydrogen) atoms. The first-order chi connectivity index (χ1) is 19.4. The summed E-state index contributed by atoms with van der Waals surface area (Å²) in [5.74, 6) is 3.42. The van der Waals surface area contributed by atoms with Gasteiger partial charge in [-0.25, -0.2) is 4.98 Å². The molecule has 4 heterocycles. The van der Waals surface area contributed by atoms with Gasteiger partial charge in [0.25, 0.3) is 0 Å². The fourth-order valence-electron chi connectivity index (χ4n) is 6.36. The molecule has 3 aromatic rings. The Hall–Kier alpha value is -3.75. The van der Waals surface area contributed by atoms with Crippen LogP contribution < -0.4 is 14.8 Å². The lowest BCUT2D eigenvalue weighted by atomic mass is 9.98. The Morgan fingerprint density at radius 2 is 1.95 bits per heavy atom. The molecule has 8 heteroatoms. The van der Waals surface area contributed by atoms with E-state index in [0.29, 0.717) is 30.8 Å². The van der Waals surface area contributed by atoms with Gasteiger partial charge in [0.15, 0.2) is 5.78 Å². The molecule has 3 aliphatic heterocycles. The van der Waals surface area contributed by atoms with Gasteiger partial charge < -0.3 is 19.7 Å². The molecule has 1 N–H and O–H groups in total. The number of aryl methyl sites for hydroxylation is 1. The third-order valence-corrected chi connectivity index (χ3v) is 8.88. The number of ketones is 1. The molecule has 1 aliphatic carbocycles. The number of benzene rings is 2. The average Bonchev–Trinajstić information content (AvgIpc) is 3.47. The van der Waals surface area contributed by atoms with Crippen molar-refractivity contribution < 1.29 is 19.1 Å². The number of hydrogen-bond acceptors (Lipinski definition) is 7. The van der Waals surface area contributed by atoms with E-state index in [-0.39, 0.29) is 29.6 Å². The van der Waals surface area contributed by atoms with Gasteiger partial charge in [-0.3, -0.25) is 14.5 Å². The summed E-state index contributed by atoms with van der Waals surface area (Å²) in [6, 6.07) is 13.9. The van der Waals surface area contributed by atoms with E-state index in [4.69, 9.17) is 9.47 Å². The van der Waals surface area contributed by atoms with Crippen LogP contribution >= 0.6 is 0 Å². The highest BCUT2D eigenvalue weighted by Gasteiger charge is 2.59. The van der Waals surface area contributed by atoms with Crippen molar-refractivity contribution >= 4 is 17.5 Å². The van der Waals surface area contributed by atoms with Gasteiger partial charge in [-0.2, -0.15) is 0 Å². The summed E-state index contributed by atoms with van der Waals surface area (Å²) in [5, 5.41) is 2.82. The number of nitrogens with one attached hydrogen (secondary N) is 1. The van der Waals surface area contributed by atoms with Crippen LogP contribution in [-0.2, 0) is 17.8 Å². The van der Waals surface area contributed by atoms with E-state index in [2.05, 4.69) is 46.2 Å². The van der Waals surface area contributed by atoms with Crippen molar-refractivity contribution in [1.82, 2.24) is 14.8 Å². The lowest BCUT2D eigenvalue weighted by molar-refractivity contribution is -0.116. The fourth-order valence-corrected chi connectivity index (χ4v) is 6.36. The highest BCUT2D eigenvalue weighted by atomic mass is 16.5. The summed E-state index contributed by atoms with van der Waals surface area (Å²) in [6.07, 6.45) is 3.20. The molecule has 1 aromatic heterocycles. The Morgan fingerprint density at radius 3 is 2.77 bits per heavy atom. The number of piperazine rings is 1. The monoisotopic (exact) mass is 538 g/mol. The Morgan fingerprint density at radius 1 is 1.10 bits per heavy atom. The van der Waals surface area contributed by atoms with E-state index < -0.39 is 0 Å². The minimum Gasteiger partial charge on any atom is -0.489 e. The maximum absolute atomic E-state index is 13.3. The fraction of sp³-hybridized carbons (Fsp3) is 0.406. The molecular weight excluding hydrogens is 504 g/mol. The summed E-state index contributed by atoms with van der Waals surface area (Å²) in [6.45, 7) is 7.42. The van der Waals surface area contributed by atoms with Gasteiger partial charge in [-0.1, -0.05) is 12.1 Å². The molecule has 0 radical (unpaired) electrons. The van der Waals surface area contributed by atoms with E-state index in [1.165, 1.54) is 11.1 Å². The molecule has 3 atom stereocenters. The number of carbonyl (C=O) groups excluding carboxylic acids is 2. The number of nitrogens with zero attached hydrogens (tertiary/aromatic N) is 3. The summed E-state index contributed by atoms with van der Waals surface area (Å²) in [7, 11) is 2.17. The van der Waals surface area contributed by atoms with Crippen LogP contribution in [0.5, 0.6) is 17.2 Å². The number of fused-ring (bicyclic) bond motifs is 4. The second-order valence-corrected chi connectivity index (χ2v) is 11.6. The van der Waals surface area contributed by atoms with Crippen LogP contribution in [0, 0.1) is 12.8 Å². The summed E-state index contributed by atoms with van der Waals surface area (Å²) in [5.41, 5.74) is 5.29. The Balaban J connectivity index is 1.00. The van der Waals surface area contributed by atoms with Gasteiger partial charge in [-0.15, -0.1) is 0 Å². The normalized spacial score (nSPS) is 23.4. The molecule has 4 aliphatic rings. The molecule has 1 amide bonds. The van der Waals surface area contributed by atoms with Gasteiger partial charge in [0, 0.05) is 80.3 Å². The molecule has 206 valence electrons. The van der Waals surface area contributed by atoms with Crippen molar-refractivity contribution in [3.63, 3.8) is 0 Å². The van der Waals surface area contributed by atoms with Crippen molar-refractivity contribution in [1.29, 1.82) is 0 Å². The van der Waals surface area contributed by atoms with Crippen LogP contribution in [0.25, 0.3) is 0 Å². The third kappa shape index (κ3) is 4.75. The van der Waals surface area contributed by atoms with Crippen molar-refractivity contribution in [2.45, 2.75) is 44.8 Å². The second kappa shape index (κ2) is 10.0. The lowest BCUT2D eigenvalue weighted by Crippen LogP contribution is -2.43. The van der Waals surface area contributed by atoms with Crippen molar-refractivity contribution in [3.8, 4) is 17.2 Å². The summed E-state index contributed by atoms with van der Waals surface area (Å²) < 4.78 is 12.5. The quantitative estimate of drug-likeness (QED) is 0.442. The molecule has 2 aromatic carbocycles. The van der Waals surface area contributed by atoms with Gasteiger partial charge in [0.2, 0.25) is 5.91 Å². The van der Waals surface area contributed by atoms with E-state index in [0.717, 1.165) is 60.9 Å². The Kier molecular flexibility index (Phi) is 6.32. The zero-order chi connectivity index (χ0) is 27.4. The SMILES string of the molecule is Cc1cc(C(=O)C[C@@H]2[C@H]3Oc4ccc(Oc5ccnc6c5CCC(=O)N6)cc4[C@@H]23)ccc1CN1CCN(C)CC1. The zero-order valence-electron chi connectivity index (χ0n) is 23.0. The summed E-state index contributed by atoms with van der Waals surface area (Å²) >= 11 is 0. The number of amides is 1. The lowest BCUT2D eigenvalue weighted by Gasteiger charge is -2.32. The number of likely N-dealkylation sites (N-methyl/N-ethyl adjacent to an activating group) is 1. The number of carbonyl (C=O) groups is 2. The van der Waals surface area contributed by atoms with Crippen LogP contribution in [-0.4, -0.2) is 65.8 Å². The van der Waals surface area contributed by atoms with E-state index in [1.807, 2.05) is 30.3 Å². The second-order valence-electron chi connectivity index (χ2n) is 11.6. The zero-order valence-corrected chi connectivity index (χ0v) is 23.0. The number of hydrogen-bond donors (Lipinski definition) is 1. The number of ether oxygens (including phenoxy) is 2. The van der Waals surface area contributed by atoms with E-state index in [1.54, 1.807) is 6.20 Å². The van der Waals surface area contributed by atoms with E-state index >= 15 is 0 Å². The van der Waals surface area contributed by atoms with Gasteiger partial charge in [-0.05, 0) is 61.9 Å². The number of pyridine rings is 1. The maximum Gasteiger partial charge on any atom is 0.225 e. The summed E-state index contributed by atoms with van der Waals surface area (Å²) in [4.78, 5) is 34.1. The first-order valence-corrected chi connectivity index (χ1v) is 14.2. The highest BCUT2D eigenvalue weighted by molar-refractivity contribution is 5.97. The Labute approximate surface area is 234 Å². The molecule has 1 saturated heterocycles. The van der Waals surface area contributed by atoms with Crippen LogP contribution in [0.15, 0.2) is 48.7 Å². The number of anilines is 1. The average molecular weight is 539 g/mol. The van der Waals surface area contributed by atoms with Crippen molar-refractivity contribution in [2.24, 2.45) is 5.92 Å². The minimum atomic E-state index is -0.0241. The molecule has 1 saturated carbocycles. The number of aromatic nitrogens is 1. The predicted molar refractivity (Wildman–Crippen MR) is 151 cm³/mol. The molecule has 0 spiro atoms. The van der Waals surface area contributed by atoms with Crippen LogP contribution in [0.3, 0.4) is 0 Å². The first-order valence-electron chi connectivity index (χ1n) is 14.2. The van der Waals surface area contributed by atoms with Gasteiger partial charge in [0.05, 0.1) is 0 Å². The molecule has 2 fully saturated rings. The minimum absolute atomic E-state index is 0.0241. The predicted octanol–water partition coefficient (Wildman–Crippen LogP) is 4.56. The molecule has 7 rings (SSSR count). The molecule has 0 bridgehead atoms. The number of Topliss-reactive ketones (excluding diaryl/α,β-unsaturated/α-hetero) is 1. The first kappa shape index (κ1) is 25.2. The van der Waals surface area contributed by atoms with E-state index in [9.17, 15) is 9.59 Å². The van der Waals surface area contributed by atoms with Crippen LogP contribution in [0.2, 0.25) is 0 Å². The van der Waals surface area contributed by atoms with Gasteiger partial charge >= 0.3 is 0 Å². The Bertz CT molecular complexity index is 1500. The number of rotatable bonds is 7.